The zero-order valence-corrected chi connectivity index (χ0v) is 9.58. The number of nitrogens with two attached hydrogens (primary N) is 1. The molecule has 0 spiro atoms. The van der Waals surface area contributed by atoms with E-state index in [1.807, 2.05) is 12.1 Å². The highest BCUT2D eigenvalue weighted by atomic mass is 79.9. The first-order valence-corrected chi connectivity index (χ1v) is 5.31. The van der Waals surface area contributed by atoms with Crippen LogP contribution in [-0.2, 0) is 0 Å². The molecule has 0 saturated heterocycles. The Labute approximate surface area is 87.7 Å². The second-order valence-corrected chi connectivity index (χ2v) is 4.23. The molecule has 0 saturated carbocycles. The van der Waals surface area contributed by atoms with Crippen molar-refractivity contribution < 1.29 is 0 Å². The van der Waals surface area contributed by atoms with E-state index in [0.29, 0.717) is 5.92 Å². The molecule has 1 aromatic rings. The average Bonchev–Trinajstić information content (AvgIpc) is 2.17. The molecule has 0 radical (unpaired) electrons. The topological polar surface area (TPSA) is 38.9 Å². The van der Waals surface area contributed by atoms with Gasteiger partial charge in [-0.1, -0.05) is 20.3 Å². The minimum atomic E-state index is 0.0538. The van der Waals surface area contributed by atoms with E-state index in [-0.39, 0.29) is 6.04 Å². The first-order chi connectivity index (χ1) is 6.15. The number of hydrogen-bond acceptors (Lipinski definition) is 2. The molecule has 2 atom stereocenters. The van der Waals surface area contributed by atoms with Crippen molar-refractivity contribution in [3.63, 3.8) is 0 Å². The van der Waals surface area contributed by atoms with Gasteiger partial charge in [-0.15, -0.1) is 0 Å². The summed E-state index contributed by atoms with van der Waals surface area (Å²) in [5.74, 6) is 0.480. The Morgan fingerprint density at radius 1 is 1.54 bits per heavy atom. The molecule has 72 valence electrons. The van der Waals surface area contributed by atoms with E-state index in [2.05, 4.69) is 34.8 Å². The van der Waals surface area contributed by atoms with E-state index in [9.17, 15) is 0 Å². The number of hydrogen-bond donors (Lipinski definition) is 1. The number of pyridine rings is 1. The first-order valence-electron chi connectivity index (χ1n) is 4.52. The highest BCUT2D eigenvalue weighted by Gasteiger charge is 2.13. The Morgan fingerprint density at radius 3 is 2.69 bits per heavy atom. The first kappa shape index (κ1) is 10.7. The van der Waals surface area contributed by atoms with E-state index >= 15 is 0 Å². The standard InChI is InChI=1S/C10H15BrN2/c1-3-7(2)10(12)9-5-4-8(11)6-13-9/h4-7,10H,3,12H2,1-2H3/t7?,10-/m0/s1. The molecule has 0 aliphatic heterocycles. The Hall–Kier alpha value is -0.410. The maximum atomic E-state index is 6.02. The van der Waals surface area contributed by atoms with Gasteiger partial charge < -0.3 is 5.73 Å². The SMILES string of the molecule is CCC(C)[C@H](N)c1ccc(Br)cn1. The largest absolute Gasteiger partial charge is 0.322 e. The summed E-state index contributed by atoms with van der Waals surface area (Å²) >= 11 is 3.35. The van der Waals surface area contributed by atoms with Crippen LogP contribution in [0.4, 0.5) is 0 Å². The molecule has 0 aliphatic carbocycles. The minimum Gasteiger partial charge on any atom is -0.322 e. The average molecular weight is 243 g/mol. The van der Waals surface area contributed by atoms with Crippen LogP contribution in [0.5, 0.6) is 0 Å². The van der Waals surface area contributed by atoms with E-state index in [1.54, 1.807) is 6.20 Å². The summed E-state index contributed by atoms with van der Waals surface area (Å²) in [6.45, 7) is 4.29. The highest BCUT2D eigenvalue weighted by molar-refractivity contribution is 9.10. The van der Waals surface area contributed by atoms with Crippen molar-refractivity contribution in [2.75, 3.05) is 0 Å². The lowest BCUT2D eigenvalue weighted by atomic mass is 9.97. The Bertz CT molecular complexity index is 258. The van der Waals surface area contributed by atoms with Crippen LogP contribution < -0.4 is 5.73 Å². The third-order valence-corrected chi connectivity index (χ3v) is 2.82. The lowest BCUT2D eigenvalue weighted by molar-refractivity contribution is 0.448. The normalized spacial score (nSPS) is 15.4. The molecule has 1 unspecified atom stereocenters. The van der Waals surface area contributed by atoms with Gasteiger partial charge >= 0.3 is 0 Å². The van der Waals surface area contributed by atoms with Gasteiger partial charge in [0.15, 0.2) is 0 Å². The van der Waals surface area contributed by atoms with E-state index < -0.39 is 0 Å². The smallest absolute Gasteiger partial charge is 0.0574 e. The highest BCUT2D eigenvalue weighted by Crippen LogP contribution is 2.20. The fraction of sp³-hybridized carbons (Fsp3) is 0.500. The van der Waals surface area contributed by atoms with Gasteiger partial charge in [-0.3, -0.25) is 4.98 Å². The summed E-state index contributed by atoms with van der Waals surface area (Å²) in [5, 5.41) is 0. The second-order valence-electron chi connectivity index (χ2n) is 3.31. The maximum absolute atomic E-state index is 6.02. The van der Waals surface area contributed by atoms with Gasteiger partial charge in [0.05, 0.1) is 5.69 Å². The molecule has 0 fully saturated rings. The summed E-state index contributed by atoms with van der Waals surface area (Å²) in [6, 6.07) is 4.00. The number of halogens is 1. The lowest BCUT2D eigenvalue weighted by Gasteiger charge is -2.17. The Morgan fingerprint density at radius 2 is 2.23 bits per heavy atom. The summed E-state index contributed by atoms with van der Waals surface area (Å²) < 4.78 is 0.993. The molecule has 2 N–H and O–H groups in total. The molecule has 3 heteroatoms. The summed E-state index contributed by atoms with van der Waals surface area (Å²) in [4.78, 5) is 4.28. The van der Waals surface area contributed by atoms with Gasteiger partial charge in [0, 0.05) is 16.7 Å². The second kappa shape index (κ2) is 4.72. The monoisotopic (exact) mass is 242 g/mol. The van der Waals surface area contributed by atoms with Crippen LogP contribution in [0.3, 0.4) is 0 Å². The van der Waals surface area contributed by atoms with Crippen molar-refractivity contribution in [1.29, 1.82) is 0 Å². The van der Waals surface area contributed by atoms with Crippen LogP contribution in [0.2, 0.25) is 0 Å². The minimum absolute atomic E-state index is 0.0538. The quantitative estimate of drug-likeness (QED) is 0.886. The predicted molar refractivity (Wildman–Crippen MR) is 58.3 cm³/mol. The molecular weight excluding hydrogens is 228 g/mol. The lowest BCUT2D eigenvalue weighted by Crippen LogP contribution is -2.19. The molecule has 1 rings (SSSR count). The van der Waals surface area contributed by atoms with Crippen LogP contribution in [0, 0.1) is 5.92 Å². The molecule has 13 heavy (non-hydrogen) atoms. The van der Waals surface area contributed by atoms with Crippen LogP contribution in [0.25, 0.3) is 0 Å². The summed E-state index contributed by atoms with van der Waals surface area (Å²) in [7, 11) is 0. The third kappa shape index (κ3) is 2.78. The molecule has 0 aromatic carbocycles. The van der Waals surface area contributed by atoms with Gasteiger partial charge in [0.2, 0.25) is 0 Å². The van der Waals surface area contributed by atoms with Gasteiger partial charge in [0.1, 0.15) is 0 Å². The van der Waals surface area contributed by atoms with Crippen molar-refractivity contribution >= 4 is 15.9 Å². The van der Waals surface area contributed by atoms with Gasteiger partial charge in [0.25, 0.3) is 0 Å². The zero-order valence-electron chi connectivity index (χ0n) is 8.00. The molecule has 1 aromatic heterocycles. The Balaban J connectivity index is 2.77. The summed E-state index contributed by atoms with van der Waals surface area (Å²) in [5.41, 5.74) is 6.99. The number of rotatable bonds is 3. The third-order valence-electron chi connectivity index (χ3n) is 2.35. The van der Waals surface area contributed by atoms with E-state index in [4.69, 9.17) is 5.73 Å². The van der Waals surface area contributed by atoms with Gasteiger partial charge in [-0.2, -0.15) is 0 Å². The zero-order chi connectivity index (χ0) is 9.84. The molecule has 0 bridgehead atoms. The number of aromatic nitrogens is 1. The maximum Gasteiger partial charge on any atom is 0.0574 e. The van der Waals surface area contributed by atoms with Crippen LogP contribution in [0.15, 0.2) is 22.8 Å². The molecular formula is C10H15BrN2. The van der Waals surface area contributed by atoms with Crippen LogP contribution in [0.1, 0.15) is 32.0 Å². The van der Waals surface area contributed by atoms with Crippen molar-refractivity contribution in [2.24, 2.45) is 11.7 Å². The van der Waals surface area contributed by atoms with Crippen molar-refractivity contribution in [3.8, 4) is 0 Å². The van der Waals surface area contributed by atoms with Crippen molar-refractivity contribution in [2.45, 2.75) is 26.3 Å². The number of nitrogens with zero attached hydrogens (tertiary/aromatic N) is 1. The molecule has 1 heterocycles. The van der Waals surface area contributed by atoms with E-state index in [0.717, 1.165) is 16.6 Å². The molecule has 0 aliphatic rings. The van der Waals surface area contributed by atoms with Crippen molar-refractivity contribution in [3.05, 3.63) is 28.5 Å². The molecule has 0 amide bonds. The Kier molecular flexibility index (Phi) is 3.88. The fourth-order valence-electron chi connectivity index (χ4n) is 1.13. The summed E-state index contributed by atoms with van der Waals surface area (Å²) in [6.07, 6.45) is 2.87. The van der Waals surface area contributed by atoms with E-state index in [1.165, 1.54) is 0 Å². The van der Waals surface area contributed by atoms with Crippen LogP contribution in [-0.4, -0.2) is 4.98 Å². The van der Waals surface area contributed by atoms with Crippen LogP contribution >= 0.6 is 15.9 Å². The molecule has 2 nitrogen and oxygen atoms in total. The van der Waals surface area contributed by atoms with Crippen molar-refractivity contribution in [1.82, 2.24) is 4.98 Å². The fourth-order valence-corrected chi connectivity index (χ4v) is 1.36. The van der Waals surface area contributed by atoms with Gasteiger partial charge in [-0.25, -0.2) is 0 Å². The predicted octanol–water partition coefficient (Wildman–Crippen LogP) is 2.89. The van der Waals surface area contributed by atoms with Gasteiger partial charge in [-0.05, 0) is 34.0 Å².